The van der Waals surface area contributed by atoms with Gasteiger partial charge < -0.3 is 15.8 Å². The van der Waals surface area contributed by atoms with Crippen molar-refractivity contribution in [2.24, 2.45) is 5.92 Å². The third kappa shape index (κ3) is 6.02. The molecule has 0 amide bonds. The normalized spacial score (nSPS) is 11.8. The maximum absolute atomic E-state index is 12.2. The van der Waals surface area contributed by atoms with Crippen LogP contribution in [-0.4, -0.2) is 27.5 Å². The molecule has 0 aliphatic carbocycles. The van der Waals surface area contributed by atoms with Gasteiger partial charge >= 0.3 is 5.97 Å². The minimum Gasteiger partial charge on any atom is -0.462 e. The number of nitrogens with zero attached hydrogens (tertiary/aromatic N) is 3. The van der Waals surface area contributed by atoms with Crippen LogP contribution in [0.2, 0.25) is 0 Å². The molecule has 0 fully saturated rings. The summed E-state index contributed by atoms with van der Waals surface area (Å²) < 4.78 is 5.44. The van der Waals surface area contributed by atoms with Gasteiger partial charge in [0.25, 0.3) is 0 Å². The smallest absolute Gasteiger partial charge is 0.338 e. The van der Waals surface area contributed by atoms with Crippen LogP contribution in [0.4, 0.5) is 17.6 Å². The topological polar surface area (TPSA) is 103 Å². The molecule has 0 radical (unpaired) electrons. The predicted octanol–water partition coefficient (Wildman–Crippen LogP) is 3.57. The molecular formula is C18H25N5O2. The highest BCUT2D eigenvalue weighted by Crippen LogP contribution is 2.16. The molecule has 0 saturated carbocycles. The Morgan fingerprint density at radius 1 is 1.24 bits per heavy atom. The van der Waals surface area contributed by atoms with Crippen LogP contribution in [0.25, 0.3) is 0 Å². The van der Waals surface area contributed by atoms with Crippen molar-refractivity contribution in [3.05, 3.63) is 36.2 Å². The molecule has 25 heavy (non-hydrogen) atoms. The molecular weight excluding hydrogens is 318 g/mol. The van der Waals surface area contributed by atoms with E-state index in [4.69, 9.17) is 10.5 Å². The molecule has 0 aliphatic rings. The van der Waals surface area contributed by atoms with Crippen LogP contribution in [0.3, 0.4) is 0 Å². The van der Waals surface area contributed by atoms with Crippen molar-refractivity contribution in [1.82, 2.24) is 15.0 Å². The van der Waals surface area contributed by atoms with Crippen LogP contribution in [-0.2, 0) is 4.74 Å². The number of carbonyl (C=O) groups is 1. The van der Waals surface area contributed by atoms with Gasteiger partial charge in [0, 0.05) is 5.69 Å². The number of hydrogen-bond donors (Lipinski definition) is 2. The van der Waals surface area contributed by atoms with Crippen LogP contribution in [0, 0.1) is 5.92 Å². The van der Waals surface area contributed by atoms with Gasteiger partial charge in [-0.05, 0) is 36.6 Å². The molecule has 0 spiro atoms. The molecule has 1 aromatic carbocycles. The molecule has 1 heterocycles. The average Bonchev–Trinajstić information content (AvgIpc) is 2.62. The summed E-state index contributed by atoms with van der Waals surface area (Å²) >= 11 is 0. The summed E-state index contributed by atoms with van der Waals surface area (Å²) in [6, 6.07) is 6.96. The number of nitrogens with two attached hydrogens (primary N) is 1. The number of rotatable bonds is 9. The highest BCUT2D eigenvalue weighted by Gasteiger charge is 2.12. The van der Waals surface area contributed by atoms with E-state index in [0.717, 1.165) is 31.4 Å². The fourth-order valence-electron chi connectivity index (χ4n) is 2.36. The van der Waals surface area contributed by atoms with E-state index in [1.165, 1.54) is 6.33 Å². The van der Waals surface area contributed by atoms with Crippen molar-refractivity contribution < 1.29 is 9.53 Å². The third-order valence-electron chi connectivity index (χ3n) is 3.96. The minimum atomic E-state index is -0.300. The van der Waals surface area contributed by atoms with Crippen molar-refractivity contribution in [3.8, 4) is 0 Å². The zero-order chi connectivity index (χ0) is 18.1. The number of carbonyl (C=O) groups excluding carboxylic acids is 1. The summed E-state index contributed by atoms with van der Waals surface area (Å²) in [4.78, 5) is 23.8. The second-order valence-corrected chi connectivity index (χ2v) is 5.88. The first-order chi connectivity index (χ1) is 12.1. The molecule has 134 valence electrons. The van der Waals surface area contributed by atoms with Gasteiger partial charge in [0.05, 0.1) is 12.2 Å². The Labute approximate surface area is 148 Å². The monoisotopic (exact) mass is 343 g/mol. The molecule has 1 aromatic heterocycles. The molecule has 0 saturated heterocycles. The second kappa shape index (κ2) is 9.56. The van der Waals surface area contributed by atoms with Gasteiger partial charge in [0.1, 0.15) is 6.33 Å². The van der Waals surface area contributed by atoms with Crippen molar-refractivity contribution in [2.45, 2.75) is 39.5 Å². The van der Waals surface area contributed by atoms with Gasteiger partial charge in [-0.2, -0.15) is 4.98 Å². The third-order valence-corrected chi connectivity index (χ3v) is 3.96. The molecule has 3 N–H and O–H groups in total. The molecule has 2 aromatic rings. The first-order valence-electron chi connectivity index (χ1n) is 8.61. The van der Waals surface area contributed by atoms with Gasteiger partial charge in [-0.25, -0.2) is 14.8 Å². The minimum absolute atomic E-state index is 0.145. The van der Waals surface area contributed by atoms with Crippen LogP contribution in [0.5, 0.6) is 0 Å². The van der Waals surface area contributed by atoms with Gasteiger partial charge in [0.15, 0.2) is 0 Å². The maximum Gasteiger partial charge on any atom is 0.338 e. The summed E-state index contributed by atoms with van der Waals surface area (Å²) in [5.74, 6) is 0.626. The van der Waals surface area contributed by atoms with Crippen molar-refractivity contribution in [2.75, 3.05) is 17.7 Å². The number of hydrogen-bond acceptors (Lipinski definition) is 7. The molecule has 1 unspecified atom stereocenters. The number of ether oxygens (including phenoxy) is 1. The zero-order valence-electron chi connectivity index (χ0n) is 14.7. The quantitative estimate of drug-likeness (QED) is 0.671. The molecule has 7 nitrogen and oxygen atoms in total. The predicted molar refractivity (Wildman–Crippen MR) is 97.6 cm³/mol. The van der Waals surface area contributed by atoms with E-state index in [0.29, 0.717) is 24.0 Å². The van der Waals surface area contributed by atoms with E-state index >= 15 is 0 Å². The average molecular weight is 343 g/mol. The molecule has 1 atom stereocenters. The van der Waals surface area contributed by atoms with Crippen LogP contribution >= 0.6 is 0 Å². The van der Waals surface area contributed by atoms with Crippen molar-refractivity contribution in [3.63, 3.8) is 0 Å². The van der Waals surface area contributed by atoms with E-state index in [2.05, 4.69) is 34.1 Å². The summed E-state index contributed by atoms with van der Waals surface area (Å²) in [5, 5.41) is 3.00. The standard InChI is InChI=1S/C18H25N5O2/c1-3-5-6-13(4-2)11-25-16(24)14-7-9-15(10-8-14)22-18-21-12-20-17(19)23-18/h7-10,12-13H,3-6,11H2,1-2H3,(H3,19,20,21,22,23). The SMILES string of the molecule is CCCCC(CC)COC(=O)c1ccc(Nc2ncnc(N)n2)cc1. The molecule has 0 bridgehead atoms. The van der Waals surface area contributed by atoms with E-state index in [-0.39, 0.29) is 11.9 Å². The van der Waals surface area contributed by atoms with Gasteiger partial charge in [-0.1, -0.05) is 33.1 Å². The summed E-state index contributed by atoms with van der Waals surface area (Å²) in [6.07, 6.45) is 5.77. The number of aromatic nitrogens is 3. The lowest BCUT2D eigenvalue weighted by molar-refractivity contribution is 0.0428. The Morgan fingerprint density at radius 3 is 2.64 bits per heavy atom. The fraction of sp³-hybridized carbons (Fsp3) is 0.444. The van der Waals surface area contributed by atoms with E-state index in [1.807, 2.05) is 0 Å². The number of benzene rings is 1. The van der Waals surface area contributed by atoms with Crippen LogP contribution in [0.15, 0.2) is 30.6 Å². The van der Waals surface area contributed by atoms with E-state index < -0.39 is 0 Å². The first-order valence-corrected chi connectivity index (χ1v) is 8.61. The summed E-state index contributed by atoms with van der Waals surface area (Å²) in [5.41, 5.74) is 6.78. The largest absolute Gasteiger partial charge is 0.462 e. The van der Waals surface area contributed by atoms with Gasteiger partial charge in [-0.15, -0.1) is 0 Å². The van der Waals surface area contributed by atoms with Crippen molar-refractivity contribution >= 4 is 23.6 Å². The van der Waals surface area contributed by atoms with Crippen LogP contribution in [0.1, 0.15) is 49.9 Å². The number of nitrogen functional groups attached to an aromatic ring is 1. The Morgan fingerprint density at radius 2 is 2.00 bits per heavy atom. The number of anilines is 3. The lowest BCUT2D eigenvalue weighted by atomic mass is 10.0. The van der Waals surface area contributed by atoms with Gasteiger partial charge in [-0.3, -0.25) is 0 Å². The van der Waals surface area contributed by atoms with E-state index in [9.17, 15) is 4.79 Å². The number of unbranched alkanes of at least 4 members (excludes halogenated alkanes) is 1. The highest BCUT2D eigenvalue weighted by molar-refractivity contribution is 5.89. The Hall–Kier alpha value is -2.70. The Balaban J connectivity index is 1.89. The Kier molecular flexibility index (Phi) is 7.13. The first kappa shape index (κ1) is 18.6. The lowest BCUT2D eigenvalue weighted by Crippen LogP contribution is -2.14. The molecule has 7 heteroatoms. The number of esters is 1. The molecule has 2 rings (SSSR count). The number of nitrogens with one attached hydrogen (secondary N) is 1. The lowest BCUT2D eigenvalue weighted by Gasteiger charge is -2.14. The van der Waals surface area contributed by atoms with Crippen LogP contribution < -0.4 is 11.1 Å². The molecule has 0 aliphatic heterocycles. The highest BCUT2D eigenvalue weighted by atomic mass is 16.5. The van der Waals surface area contributed by atoms with Gasteiger partial charge in [0.2, 0.25) is 11.9 Å². The summed E-state index contributed by atoms with van der Waals surface area (Å²) in [6.45, 7) is 4.77. The second-order valence-electron chi connectivity index (χ2n) is 5.88. The van der Waals surface area contributed by atoms with E-state index in [1.54, 1.807) is 24.3 Å². The summed E-state index contributed by atoms with van der Waals surface area (Å²) in [7, 11) is 0. The van der Waals surface area contributed by atoms with Crippen molar-refractivity contribution in [1.29, 1.82) is 0 Å². The zero-order valence-corrected chi connectivity index (χ0v) is 14.7. The Bertz CT molecular complexity index is 675. The fourth-order valence-corrected chi connectivity index (χ4v) is 2.36. The maximum atomic E-state index is 12.2.